The van der Waals surface area contributed by atoms with Crippen molar-refractivity contribution in [2.75, 3.05) is 6.54 Å². The van der Waals surface area contributed by atoms with Gasteiger partial charge >= 0.3 is 6.18 Å². The van der Waals surface area contributed by atoms with Gasteiger partial charge in [0.05, 0.1) is 0 Å². The summed E-state index contributed by atoms with van der Waals surface area (Å²) in [5, 5.41) is 6.54. The maximum Gasteiger partial charge on any atom is 0.452 e. The van der Waals surface area contributed by atoms with Crippen LogP contribution < -0.4 is 5.32 Å². The molecule has 104 valence electrons. The number of hydrogen-bond acceptors (Lipinski definition) is 3. The molecule has 2 aromatic rings. The maximum absolute atomic E-state index is 12.8. The lowest BCUT2D eigenvalue weighted by molar-refractivity contribution is -0.156. The Bertz CT molecular complexity index is 644. The van der Waals surface area contributed by atoms with Crippen LogP contribution in [0.4, 0.5) is 13.2 Å². The smallest absolute Gasteiger partial charge is 0.351 e. The third-order valence-corrected chi connectivity index (χ3v) is 3.11. The summed E-state index contributed by atoms with van der Waals surface area (Å²) in [6, 6.07) is 9.38. The van der Waals surface area contributed by atoms with Crippen molar-refractivity contribution in [3.05, 3.63) is 52.9 Å². The first kappa shape index (κ1) is 12.9. The Morgan fingerprint density at radius 2 is 1.90 bits per heavy atom. The SMILES string of the molecule is FC(F)(F)c1onc2c1CNCC2=Cc1ccccc1. The molecule has 0 radical (unpaired) electrons. The zero-order chi connectivity index (χ0) is 14.2. The van der Waals surface area contributed by atoms with Crippen molar-refractivity contribution in [2.45, 2.75) is 12.7 Å². The predicted molar refractivity (Wildman–Crippen MR) is 67.5 cm³/mol. The molecule has 3 nitrogen and oxygen atoms in total. The van der Waals surface area contributed by atoms with Crippen LogP contribution in [0.15, 0.2) is 34.9 Å². The van der Waals surface area contributed by atoms with Gasteiger partial charge in [-0.15, -0.1) is 0 Å². The second kappa shape index (κ2) is 4.79. The van der Waals surface area contributed by atoms with Crippen molar-refractivity contribution in [1.82, 2.24) is 10.5 Å². The van der Waals surface area contributed by atoms with E-state index in [-0.39, 0.29) is 12.1 Å². The standard InChI is InChI=1S/C14H11F3N2O/c15-14(16,17)13-11-8-18-7-10(12(11)19-20-13)6-9-4-2-1-3-5-9/h1-6,18H,7-8H2. The molecule has 1 N–H and O–H groups in total. The second-order valence-corrected chi connectivity index (χ2v) is 4.52. The molecule has 1 aliphatic heterocycles. The second-order valence-electron chi connectivity index (χ2n) is 4.52. The van der Waals surface area contributed by atoms with Gasteiger partial charge in [0, 0.05) is 18.7 Å². The van der Waals surface area contributed by atoms with Crippen LogP contribution in [0.2, 0.25) is 0 Å². The number of nitrogens with one attached hydrogen (secondary N) is 1. The molecule has 1 aromatic carbocycles. The largest absolute Gasteiger partial charge is 0.452 e. The number of benzene rings is 1. The minimum atomic E-state index is -4.52. The summed E-state index contributed by atoms with van der Waals surface area (Å²) in [5.74, 6) is -1.02. The Morgan fingerprint density at radius 3 is 2.60 bits per heavy atom. The van der Waals surface area contributed by atoms with Gasteiger partial charge in [0.25, 0.3) is 0 Å². The minimum Gasteiger partial charge on any atom is -0.351 e. The van der Waals surface area contributed by atoms with Gasteiger partial charge in [-0.3, -0.25) is 0 Å². The number of aromatic nitrogens is 1. The van der Waals surface area contributed by atoms with E-state index in [1.165, 1.54) is 0 Å². The summed E-state index contributed by atoms with van der Waals surface area (Å²) in [6.45, 7) is 0.575. The molecular formula is C14H11F3N2O. The predicted octanol–water partition coefficient (Wildman–Crippen LogP) is 3.34. The Balaban J connectivity index is 2.04. The first-order valence-electron chi connectivity index (χ1n) is 6.08. The van der Waals surface area contributed by atoms with Gasteiger partial charge in [0.2, 0.25) is 5.76 Å². The van der Waals surface area contributed by atoms with E-state index in [0.717, 1.165) is 5.56 Å². The van der Waals surface area contributed by atoms with E-state index < -0.39 is 11.9 Å². The van der Waals surface area contributed by atoms with Gasteiger partial charge in [-0.1, -0.05) is 35.5 Å². The third-order valence-electron chi connectivity index (χ3n) is 3.11. The molecule has 2 heterocycles. The number of nitrogens with zero attached hydrogens (tertiary/aromatic N) is 1. The van der Waals surface area contributed by atoms with Crippen molar-refractivity contribution in [3.63, 3.8) is 0 Å². The van der Waals surface area contributed by atoms with Crippen molar-refractivity contribution < 1.29 is 17.7 Å². The fourth-order valence-electron chi connectivity index (χ4n) is 2.22. The molecule has 0 fully saturated rings. The molecule has 1 aliphatic rings. The quantitative estimate of drug-likeness (QED) is 0.870. The summed E-state index contributed by atoms with van der Waals surface area (Å²) in [5.41, 5.74) is 1.97. The lowest BCUT2D eigenvalue weighted by Gasteiger charge is -2.15. The minimum absolute atomic E-state index is 0.0749. The summed E-state index contributed by atoms with van der Waals surface area (Å²) in [4.78, 5) is 0. The normalized spacial score (nSPS) is 17.2. The van der Waals surface area contributed by atoms with Gasteiger partial charge in [-0.25, -0.2) is 0 Å². The van der Waals surface area contributed by atoms with Crippen molar-refractivity contribution in [1.29, 1.82) is 0 Å². The molecular weight excluding hydrogens is 269 g/mol. The van der Waals surface area contributed by atoms with E-state index in [2.05, 4.69) is 15.0 Å². The first-order chi connectivity index (χ1) is 9.55. The summed E-state index contributed by atoms with van der Waals surface area (Å²) in [6.07, 6.45) is -2.70. The van der Waals surface area contributed by atoms with Crippen LogP contribution in [0.3, 0.4) is 0 Å². The lowest BCUT2D eigenvalue weighted by Crippen LogP contribution is -2.24. The highest BCUT2D eigenvalue weighted by Crippen LogP contribution is 2.36. The molecule has 0 aliphatic carbocycles. The molecule has 0 unspecified atom stereocenters. The summed E-state index contributed by atoms with van der Waals surface area (Å²) >= 11 is 0. The van der Waals surface area contributed by atoms with E-state index >= 15 is 0 Å². The van der Waals surface area contributed by atoms with Gasteiger partial charge in [0.1, 0.15) is 5.69 Å². The van der Waals surface area contributed by atoms with Crippen molar-refractivity contribution in [2.24, 2.45) is 0 Å². The molecule has 6 heteroatoms. The van der Waals surface area contributed by atoms with Crippen LogP contribution in [0, 0.1) is 0 Å². The van der Waals surface area contributed by atoms with Crippen molar-refractivity contribution in [3.8, 4) is 0 Å². The lowest BCUT2D eigenvalue weighted by atomic mass is 10.00. The molecule has 0 saturated carbocycles. The van der Waals surface area contributed by atoms with E-state index in [9.17, 15) is 13.2 Å². The molecule has 0 spiro atoms. The molecule has 20 heavy (non-hydrogen) atoms. The third kappa shape index (κ3) is 2.34. The Morgan fingerprint density at radius 1 is 1.15 bits per heavy atom. The van der Waals surface area contributed by atoms with Crippen LogP contribution in [0.1, 0.15) is 22.6 Å². The zero-order valence-electron chi connectivity index (χ0n) is 10.4. The van der Waals surface area contributed by atoms with Crippen molar-refractivity contribution >= 4 is 11.6 Å². The fraction of sp³-hybridized carbons (Fsp3) is 0.214. The van der Waals surface area contributed by atoms with Gasteiger partial charge in [0.15, 0.2) is 0 Å². The molecule has 0 amide bonds. The van der Waals surface area contributed by atoms with Crippen LogP contribution in [0.25, 0.3) is 11.6 Å². The number of hydrogen-bond donors (Lipinski definition) is 1. The first-order valence-corrected chi connectivity index (χ1v) is 6.08. The number of halogens is 3. The van der Waals surface area contributed by atoms with Gasteiger partial charge in [-0.05, 0) is 17.2 Å². The molecule has 0 saturated heterocycles. The molecule has 0 atom stereocenters. The number of alkyl halides is 3. The Hall–Kier alpha value is -2.08. The highest BCUT2D eigenvalue weighted by molar-refractivity contribution is 5.83. The Labute approximate surface area is 113 Å². The summed E-state index contributed by atoms with van der Waals surface area (Å²) in [7, 11) is 0. The number of fused-ring (bicyclic) bond motifs is 1. The van der Waals surface area contributed by atoms with Gasteiger partial charge < -0.3 is 9.84 Å². The molecule has 1 aromatic heterocycles. The van der Waals surface area contributed by atoms with Crippen LogP contribution in [-0.4, -0.2) is 11.7 Å². The van der Waals surface area contributed by atoms with E-state index in [0.29, 0.717) is 17.8 Å². The fourth-order valence-corrected chi connectivity index (χ4v) is 2.22. The Kier molecular flexibility index (Phi) is 3.10. The van der Waals surface area contributed by atoms with Crippen LogP contribution >= 0.6 is 0 Å². The average Bonchev–Trinajstić information content (AvgIpc) is 2.85. The summed E-state index contributed by atoms with van der Waals surface area (Å²) < 4.78 is 42.8. The highest BCUT2D eigenvalue weighted by Gasteiger charge is 2.41. The van der Waals surface area contributed by atoms with E-state index in [1.54, 1.807) is 0 Å². The average molecular weight is 280 g/mol. The maximum atomic E-state index is 12.8. The van der Waals surface area contributed by atoms with E-state index in [1.807, 2.05) is 36.4 Å². The van der Waals surface area contributed by atoms with Crippen LogP contribution in [0.5, 0.6) is 0 Å². The molecule has 0 bridgehead atoms. The monoisotopic (exact) mass is 280 g/mol. The number of rotatable bonds is 1. The topological polar surface area (TPSA) is 38.1 Å². The van der Waals surface area contributed by atoms with Crippen LogP contribution in [-0.2, 0) is 12.7 Å². The van der Waals surface area contributed by atoms with Gasteiger partial charge in [-0.2, -0.15) is 13.2 Å². The van der Waals surface area contributed by atoms with E-state index in [4.69, 9.17) is 0 Å². The molecule has 3 rings (SSSR count). The zero-order valence-corrected chi connectivity index (χ0v) is 10.4. The highest BCUT2D eigenvalue weighted by atomic mass is 19.4.